The molecule has 0 aliphatic heterocycles. The van der Waals surface area contributed by atoms with Crippen LogP contribution >= 0.6 is 0 Å². The van der Waals surface area contributed by atoms with Gasteiger partial charge in [-0.05, 0) is 46.1 Å². The minimum absolute atomic E-state index is 0.158. The Balaban J connectivity index is 3.22. The second-order valence-corrected chi connectivity index (χ2v) is 6.19. The fourth-order valence-corrected chi connectivity index (χ4v) is 2.40. The molecule has 4 nitrogen and oxygen atoms in total. The standard InChI is InChI=1S/C17H27NO3/c1-5-21-15(19)17(12-18,10-9-16(3,4)20)14-8-6-7-13(2)11-14/h6-8,11,20H,5,9-10,12,18H2,1-4H3. The molecule has 0 aromatic heterocycles. The zero-order valence-corrected chi connectivity index (χ0v) is 13.5. The quantitative estimate of drug-likeness (QED) is 0.757. The predicted molar refractivity (Wildman–Crippen MR) is 84.1 cm³/mol. The zero-order valence-electron chi connectivity index (χ0n) is 13.5. The van der Waals surface area contributed by atoms with Gasteiger partial charge >= 0.3 is 5.97 Å². The van der Waals surface area contributed by atoms with Gasteiger partial charge in [-0.2, -0.15) is 0 Å². The van der Waals surface area contributed by atoms with Gasteiger partial charge in [-0.25, -0.2) is 0 Å². The second kappa shape index (κ2) is 7.05. The molecule has 118 valence electrons. The summed E-state index contributed by atoms with van der Waals surface area (Å²) in [6, 6.07) is 7.76. The molecular weight excluding hydrogens is 266 g/mol. The van der Waals surface area contributed by atoms with Crippen molar-refractivity contribution in [3.8, 4) is 0 Å². The van der Waals surface area contributed by atoms with Gasteiger partial charge in [-0.3, -0.25) is 4.79 Å². The number of esters is 1. The number of nitrogens with two attached hydrogens (primary N) is 1. The molecule has 4 heteroatoms. The van der Waals surface area contributed by atoms with Crippen LogP contribution in [0.4, 0.5) is 0 Å². The molecule has 1 aromatic carbocycles. The zero-order chi connectivity index (χ0) is 16.1. The Hall–Kier alpha value is -1.39. The number of carbonyl (C=O) groups is 1. The van der Waals surface area contributed by atoms with E-state index in [-0.39, 0.29) is 12.5 Å². The van der Waals surface area contributed by atoms with E-state index in [1.165, 1.54) is 0 Å². The van der Waals surface area contributed by atoms with Crippen LogP contribution < -0.4 is 5.73 Å². The molecule has 0 fully saturated rings. The Morgan fingerprint density at radius 2 is 2.00 bits per heavy atom. The van der Waals surface area contributed by atoms with Crippen LogP contribution in [-0.2, 0) is 14.9 Å². The van der Waals surface area contributed by atoms with E-state index in [9.17, 15) is 9.90 Å². The molecule has 1 rings (SSSR count). The first-order valence-corrected chi connectivity index (χ1v) is 7.42. The number of rotatable bonds is 7. The molecule has 0 radical (unpaired) electrons. The van der Waals surface area contributed by atoms with Crippen LogP contribution in [-0.4, -0.2) is 29.8 Å². The fraction of sp³-hybridized carbons (Fsp3) is 0.588. The highest BCUT2D eigenvalue weighted by atomic mass is 16.5. The molecular formula is C17H27NO3. The Kier molecular flexibility index (Phi) is 5.93. The van der Waals surface area contributed by atoms with E-state index in [4.69, 9.17) is 10.5 Å². The topological polar surface area (TPSA) is 72.5 Å². The average molecular weight is 293 g/mol. The van der Waals surface area contributed by atoms with Gasteiger partial charge in [0.15, 0.2) is 0 Å². The Morgan fingerprint density at radius 3 is 2.48 bits per heavy atom. The molecule has 1 unspecified atom stereocenters. The lowest BCUT2D eigenvalue weighted by molar-refractivity contribution is -0.150. The monoisotopic (exact) mass is 293 g/mol. The van der Waals surface area contributed by atoms with Gasteiger partial charge in [-0.1, -0.05) is 29.8 Å². The summed E-state index contributed by atoms with van der Waals surface area (Å²) in [6.07, 6.45) is 0.923. The lowest BCUT2D eigenvalue weighted by Crippen LogP contribution is -2.45. The summed E-state index contributed by atoms with van der Waals surface area (Å²) in [5.74, 6) is -0.317. The fourth-order valence-electron chi connectivity index (χ4n) is 2.40. The van der Waals surface area contributed by atoms with Gasteiger partial charge in [0.2, 0.25) is 0 Å². The lowest BCUT2D eigenvalue weighted by atomic mass is 9.74. The summed E-state index contributed by atoms with van der Waals surface area (Å²) in [5.41, 5.74) is 6.14. The third-order valence-electron chi connectivity index (χ3n) is 3.75. The molecule has 0 aliphatic carbocycles. The number of ether oxygens (including phenoxy) is 1. The summed E-state index contributed by atoms with van der Waals surface area (Å²) in [5, 5.41) is 10.00. The molecule has 0 aliphatic rings. The first-order valence-electron chi connectivity index (χ1n) is 7.42. The van der Waals surface area contributed by atoms with Gasteiger partial charge in [0.05, 0.1) is 12.2 Å². The van der Waals surface area contributed by atoms with E-state index in [2.05, 4.69) is 0 Å². The molecule has 0 saturated carbocycles. The van der Waals surface area contributed by atoms with Crippen molar-refractivity contribution in [1.82, 2.24) is 0 Å². The normalized spacial score (nSPS) is 14.6. The van der Waals surface area contributed by atoms with E-state index < -0.39 is 11.0 Å². The van der Waals surface area contributed by atoms with Crippen LogP contribution in [0.25, 0.3) is 0 Å². The number of aliphatic hydroxyl groups is 1. The second-order valence-electron chi connectivity index (χ2n) is 6.19. The maximum Gasteiger partial charge on any atom is 0.317 e. The Labute approximate surface area is 127 Å². The first kappa shape index (κ1) is 17.7. The first-order chi connectivity index (χ1) is 9.75. The maximum absolute atomic E-state index is 12.5. The lowest BCUT2D eigenvalue weighted by Gasteiger charge is -2.33. The van der Waals surface area contributed by atoms with Crippen LogP contribution in [0.3, 0.4) is 0 Å². The maximum atomic E-state index is 12.5. The van der Waals surface area contributed by atoms with Crippen LogP contribution in [0.15, 0.2) is 24.3 Å². The summed E-state index contributed by atoms with van der Waals surface area (Å²) >= 11 is 0. The average Bonchev–Trinajstić information content (AvgIpc) is 2.39. The van der Waals surface area contributed by atoms with E-state index in [1.807, 2.05) is 31.2 Å². The van der Waals surface area contributed by atoms with Crippen molar-refractivity contribution in [2.75, 3.05) is 13.2 Å². The molecule has 0 bridgehead atoms. The third-order valence-corrected chi connectivity index (χ3v) is 3.75. The summed E-state index contributed by atoms with van der Waals surface area (Å²) in [7, 11) is 0. The largest absolute Gasteiger partial charge is 0.465 e. The summed E-state index contributed by atoms with van der Waals surface area (Å²) < 4.78 is 5.26. The minimum atomic E-state index is -0.901. The molecule has 0 heterocycles. The van der Waals surface area contributed by atoms with Crippen molar-refractivity contribution in [1.29, 1.82) is 0 Å². The number of carbonyl (C=O) groups excluding carboxylic acids is 1. The van der Waals surface area contributed by atoms with E-state index in [0.717, 1.165) is 11.1 Å². The Bertz CT molecular complexity index is 479. The van der Waals surface area contributed by atoms with Crippen LogP contribution in [0.5, 0.6) is 0 Å². The smallest absolute Gasteiger partial charge is 0.317 e. The molecule has 0 spiro atoms. The summed E-state index contributed by atoms with van der Waals surface area (Å²) in [6.45, 7) is 7.70. The van der Waals surface area contributed by atoms with E-state index in [0.29, 0.717) is 19.4 Å². The SMILES string of the molecule is CCOC(=O)C(CN)(CCC(C)(C)O)c1cccc(C)c1. The van der Waals surface area contributed by atoms with Crippen molar-refractivity contribution in [2.45, 2.75) is 51.6 Å². The van der Waals surface area contributed by atoms with Crippen LogP contribution in [0.1, 0.15) is 44.7 Å². The number of aryl methyl sites for hydroxylation is 1. The number of hydrogen-bond acceptors (Lipinski definition) is 4. The van der Waals surface area contributed by atoms with Gasteiger partial charge < -0.3 is 15.6 Å². The van der Waals surface area contributed by atoms with Crippen LogP contribution in [0, 0.1) is 6.92 Å². The highest BCUT2D eigenvalue weighted by Crippen LogP contribution is 2.33. The highest BCUT2D eigenvalue weighted by molar-refractivity contribution is 5.83. The van der Waals surface area contributed by atoms with Gasteiger partial charge in [0.1, 0.15) is 5.41 Å². The number of benzene rings is 1. The van der Waals surface area contributed by atoms with Crippen molar-refractivity contribution in [3.05, 3.63) is 35.4 Å². The van der Waals surface area contributed by atoms with Crippen molar-refractivity contribution in [3.63, 3.8) is 0 Å². The molecule has 1 aromatic rings. The van der Waals surface area contributed by atoms with Crippen LogP contribution in [0.2, 0.25) is 0 Å². The van der Waals surface area contributed by atoms with Gasteiger partial charge in [0, 0.05) is 6.54 Å². The van der Waals surface area contributed by atoms with Crippen molar-refractivity contribution in [2.24, 2.45) is 5.73 Å². The molecule has 0 saturated heterocycles. The Morgan fingerprint density at radius 1 is 1.33 bits per heavy atom. The van der Waals surface area contributed by atoms with Gasteiger partial charge in [0.25, 0.3) is 0 Å². The number of hydrogen-bond donors (Lipinski definition) is 2. The molecule has 0 amide bonds. The predicted octanol–water partition coefficient (Wildman–Crippen LogP) is 2.31. The van der Waals surface area contributed by atoms with Crippen molar-refractivity contribution < 1.29 is 14.6 Å². The van der Waals surface area contributed by atoms with E-state index in [1.54, 1.807) is 20.8 Å². The summed E-state index contributed by atoms with van der Waals surface area (Å²) in [4.78, 5) is 12.5. The van der Waals surface area contributed by atoms with Gasteiger partial charge in [-0.15, -0.1) is 0 Å². The minimum Gasteiger partial charge on any atom is -0.465 e. The third kappa shape index (κ3) is 4.55. The molecule has 1 atom stereocenters. The van der Waals surface area contributed by atoms with E-state index >= 15 is 0 Å². The highest BCUT2D eigenvalue weighted by Gasteiger charge is 2.41. The van der Waals surface area contributed by atoms with Crippen molar-refractivity contribution >= 4 is 5.97 Å². The molecule has 21 heavy (non-hydrogen) atoms. The molecule has 3 N–H and O–H groups in total.